The molecule has 0 aliphatic carbocycles. The first-order chi connectivity index (χ1) is 9.13. The molecule has 0 aliphatic heterocycles. The van der Waals surface area contributed by atoms with Gasteiger partial charge in [0.05, 0.1) is 22.9 Å². The Kier molecular flexibility index (Phi) is 2.55. The molecule has 0 aliphatic rings. The summed E-state index contributed by atoms with van der Waals surface area (Å²) in [5, 5.41) is 6.27. The minimum Gasteiger partial charge on any atom is -0.285 e. The molecule has 19 heavy (non-hydrogen) atoms. The summed E-state index contributed by atoms with van der Waals surface area (Å²) in [6.45, 7) is -1.78. The molecule has 3 heterocycles. The van der Waals surface area contributed by atoms with E-state index in [1.54, 1.807) is 0 Å². The van der Waals surface area contributed by atoms with Crippen LogP contribution in [-0.2, 0) is 6.05 Å². The number of fused-ring (bicyclic) bond motifs is 1. The van der Waals surface area contributed by atoms with Crippen molar-refractivity contribution in [3.8, 4) is 11.3 Å². The fourth-order valence-electron chi connectivity index (χ4n) is 2.05. The molecule has 0 radical (unpaired) electrons. The third kappa shape index (κ3) is 1.78. The number of hydrogen-bond donors (Lipinski definition) is 1. The van der Waals surface area contributed by atoms with Gasteiger partial charge >= 0.3 is 6.05 Å². The van der Waals surface area contributed by atoms with Crippen molar-refractivity contribution in [2.45, 2.75) is 6.05 Å². The SMILES string of the molecule is FCC(F)(F)n1c(-c2cn[nH]c2)cc2ncccc21. The summed E-state index contributed by atoms with van der Waals surface area (Å²) >= 11 is 0. The standard InChI is InChI=1S/C12H9F3N4/c13-7-12(14,15)19-10-2-1-3-16-9(10)4-11(19)8-5-17-18-6-8/h1-6H,7H2,(H,17,18). The maximum Gasteiger partial charge on any atom is 0.358 e. The lowest BCUT2D eigenvalue weighted by Crippen LogP contribution is -2.25. The first kappa shape index (κ1) is 11.8. The zero-order valence-corrected chi connectivity index (χ0v) is 9.65. The van der Waals surface area contributed by atoms with Crippen LogP contribution in [0.15, 0.2) is 36.8 Å². The van der Waals surface area contributed by atoms with Crippen molar-refractivity contribution in [1.29, 1.82) is 0 Å². The third-order valence-electron chi connectivity index (χ3n) is 2.85. The van der Waals surface area contributed by atoms with Crippen molar-refractivity contribution in [3.63, 3.8) is 0 Å². The van der Waals surface area contributed by atoms with Crippen molar-refractivity contribution >= 4 is 11.0 Å². The zero-order valence-electron chi connectivity index (χ0n) is 9.65. The molecule has 3 aromatic rings. The Morgan fingerprint density at radius 3 is 2.89 bits per heavy atom. The van der Waals surface area contributed by atoms with Crippen LogP contribution in [0.1, 0.15) is 0 Å². The number of nitrogens with one attached hydrogen (secondary N) is 1. The number of nitrogens with zero attached hydrogens (tertiary/aromatic N) is 3. The zero-order chi connectivity index (χ0) is 13.5. The molecule has 0 saturated carbocycles. The van der Waals surface area contributed by atoms with E-state index in [1.165, 1.54) is 36.8 Å². The van der Waals surface area contributed by atoms with Gasteiger partial charge in [-0.15, -0.1) is 0 Å². The van der Waals surface area contributed by atoms with Crippen LogP contribution in [-0.4, -0.2) is 26.4 Å². The molecule has 0 saturated heterocycles. The Morgan fingerprint density at radius 2 is 2.21 bits per heavy atom. The van der Waals surface area contributed by atoms with Crippen molar-refractivity contribution in [2.24, 2.45) is 0 Å². The number of pyridine rings is 1. The van der Waals surface area contributed by atoms with Gasteiger partial charge in [0.15, 0.2) is 6.67 Å². The molecule has 98 valence electrons. The lowest BCUT2D eigenvalue weighted by atomic mass is 10.2. The summed E-state index contributed by atoms with van der Waals surface area (Å²) in [6.07, 6.45) is 4.37. The maximum atomic E-state index is 13.8. The molecule has 0 amide bonds. The molecule has 3 aromatic heterocycles. The van der Waals surface area contributed by atoms with E-state index in [2.05, 4.69) is 15.2 Å². The van der Waals surface area contributed by atoms with E-state index in [0.29, 0.717) is 15.6 Å². The van der Waals surface area contributed by atoms with E-state index >= 15 is 0 Å². The molecule has 7 heteroatoms. The van der Waals surface area contributed by atoms with Gasteiger partial charge in [0.2, 0.25) is 0 Å². The Hall–Kier alpha value is -2.31. The van der Waals surface area contributed by atoms with Crippen LogP contribution in [0.25, 0.3) is 22.3 Å². The van der Waals surface area contributed by atoms with Gasteiger partial charge in [0.25, 0.3) is 0 Å². The molecule has 0 atom stereocenters. The third-order valence-corrected chi connectivity index (χ3v) is 2.85. The quantitative estimate of drug-likeness (QED) is 0.792. The van der Waals surface area contributed by atoms with Crippen molar-refractivity contribution in [1.82, 2.24) is 19.7 Å². The summed E-state index contributed by atoms with van der Waals surface area (Å²) in [7, 11) is 0. The molecular weight excluding hydrogens is 257 g/mol. The van der Waals surface area contributed by atoms with E-state index in [4.69, 9.17) is 0 Å². The van der Waals surface area contributed by atoms with Crippen molar-refractivity contribution in [2.75, 3.05) is 6.67 Å². The molecule has 0 fully saturated rings. The molecule has 0 aromatic carbocycles. The van der Waals surface area contributed by atoms with Crippen LogP contribution in [0.5, 0.6) is 0 Å². The van der Waals surface area contributed by atoms with Gasteiger partial charge in [0.1, 0.15) is 0 Å². The summed E-state index contributed by atoms with van der Waals surface area (Å²) in [4.78, 5) is 4.01. The fourth-order valence-corrected chi connectivity index (χ4v) is 2.05. The summed E-state index contributed by atoms with van der Waals surface area (Å²) in [5.74, 6) is 0. The monoisotopic (exact) mass is 266 g/mol. The second-order valence-corrected chi connectivity index (χ2v) is 4.06. The highest BCUT2D eigenvalue weighted by Crippen LogP contribution is 2.34. The molecular formula is C12H9F3N4. The minimum atomic E-state index is -3.63. The highest BCUT2D eigenvalue weighted by molar-refractivity contribution is 5.83. The Bertz CT molecular complexity index is 703. The van der Waals surface area contributed by atoms with Gasteiger partial charge in [0, 0.05) is 18.0 Å². The predicted octanol–water partition coefficient (Wildman–Crippen LogP) is 2.95. The Morgan fingerprint density at radius 1 is 1.37 bits per heavy atom. The highest BCUT2D eigenvalue weighted by atomic mass is 19.3. The molecule has 0 bridgehead atoms. The number of halogens is 3. The van der Waals surface area contributed by atoms with Crippen LogP contribution in [0.2, 0.25) is 0 Å². The van der Waals surface area contributed by atoms with Crippen LogP contribution < -0.4 is 0 Å². The lowest BCUT2D eigenvalue weighted by Gasteiger charge is -2.18. The van der Waals surface area contributed by atoms with E-state index < -0.39 is 12.7 Å². The van der Waals surface area contributed by atoms with Crippen molar-refractivity contribution in [3.05, 3.63) is 36.8 Å². The molecule has 0 spiro atoms. The number of aromatic nitrogens is 4. The van der Waals surface area contributed by atoms with E-state index in [9.17, 15) is 13.2 Å². The van der Waals surface area contributed by atoms with Crippen molar-refractivity contribution < 1.29 is 13.2 Å². The summed E-state index contributed by atoms with van der Waals surface area (Å²) < 4.78 is 41.0. The first-order valence-electron chi connectivity index (χ1n) is 5.53. The molecule has 3 rings (SSSR count). The average molecular weight is 266 g/mol. The average Bonchev–Trinajstić information content (AvgIpc) is 3.05. The Balaban J connectivity index is 2.35. The second kappa shape index (κ2) is 4.11. The second-order valence-electron chi connectivity index (χ2n) is 4.06. The maximum absolute atomic E-state index is 13.8. The van der Waals surface area contributed by atoms with E-state index in [0.717, 1.165) is 0 Å². The summed E-state index contributed by atoms with van der Waals surface area (Å²) in [6, 6.07) is 0.878. The lowest BCUT2D eigenvalue weighted by molar-refractivity contribution is -0.0940. The van der Waals surface area contributed by atoms with Crippen LogP contribution in [0, 0.1) is 0 Å². The fraction of sp³-hybridized carbons (Fsp3) is 0.167. The van der Waals surface area contributed by atoms with Gasteiger partial charge in [-0.25, -0.2) is 4.39 Å². The summed E-state index contributed by atoms with van der Waals surface area (Å²) in [5.41, 5.74) is 1.18. The largest absolute Gasteiger partial charge is 0.358 e. The predicted molar refractivity (Wildman–Crippen MR) is 63.5 cm³/mol. The minimum absolute atomic E-state index is 0.171. The number of H-pyrrole nitrogens is 1. The normalized spacial score (nSPS) is 12.2. The molecule has 4 nitrogen and oxygen atoms in total. The van der Waals surface area contributed by atoms with E-state index in [-0.39, 0.29) is 11.2 Å². The number of alkyl halides is 3. The van der Waals surface area contributed by atoms with Crippen LogP contribution in [0.3, 0.4) is 0 Å². The smallest absolute Gasteiger partial charge is 0.285 e. The number of aromatic amines is 1. The highest BCUT2D eigenvalue weighted by Gasteiger charge is 2.35. The topological polar surface area (TPSA) is 46.5 Å². The van der Waals surface area contributed by atoms with Gasteiger partial charge in [-0.2, -0.15) is 13.9 Å². The van der Waals surface area contributed by atoms with Gasteiger partial charge in [-0.3, -0.25) is 14.6 Å². The van der Waals surface area contributed by atoms with Crippen LogP contribution in [0.4, 0.5) is 13.2 Å². The van der Waals surface area contributed by atoms with Gasteiger partial charge in [-0.05, 0) is 18.2 Å². The molecule has 0 unspecified atom stereocenters. The Labute approximate surface area is 105 Å². The first-order valence-corrected chi connectivity index (χ1v) is 5.53. The van der Waals surface area contributed by atoms with Gasteiger partial charge < -0.3 is 0 Å². The van der Waals surface area contributed by atoms with E-state index in [1.807, 2.05) is 0 Å². The number of hydrogen-bond acceptors (Lipinski definition) is 2. The van der Waals surface area contributed by atoms with Crippen LogP contribution >= 0.6 is 0 Å². The number of rotatable bonds is 3. The molecule has 1 N–H and O–H groups in total. The van der Waals surface area contributed by atoms with Gasteiger partial charge in [-0.1, -0.05) is 0 Å².